The minimum atomic E-state index is -0.515. The third kappa shape index (κ3) is 3.89. The lowest BCUT2D eigenvalue weighted by atomic mass is 9.73. The van der Waals surface area contributed by atoms with Crippen LogP contribution in [0.4, 0.5) is 8.78 Å². The van der Waals surface area contributed by atoms with Crippen molar-refractivity contribution >= 4 is 5.91 Å². The number of likely N-dealkylation sites (tertiary alicyclic amines) is 2. The highest BCUT2D eigenvalue weighted by Crippen LogP contribution is 2.41. The van der Waals surface area contributed by atoms with Crippen LogP contribution in [0, 0.1) is 17.0 Å². The number of rotatable bonds is 2. The van der Waals surface area contributed by atoms with E-state index in [0.29, 0.717) is 18.5 Å². The van der Waals surface area contributed by atoms with Gasteiger partial charge in [0.2, 0.25) is 5.91 Å². The van der Waals surface area contributed by atoms with E-state index in [1.807, 2.05) is 11.9 Å². The van der Waals surface area contributed by atoms with E-state index in [-0.39, 0.29) is 11.3 Å². The Balaban J connectivity index is 1.58. The summed E-state index contributed by atoms with van der Waals surface area (Å²) in [6.45, 7) is 3.28. The number of hydrogen-bond donors (Lipinski definition) is 0. The molecule has 5 heteroatoms. The molecule has 1 amide bonds. The van der Waals surface area contributed by atoms with Gasteiger partial charge >= 0.3 is 0 Å². The van der Waals surface area contributed by atoms with Crippen LogP contribution in [0.25, 0.3) is 0 Å². The number of benzene rings is 1. The lowest BCUT2D eigenvalue weighted by Crippen LogP contribution is -2.40. The lowest BCUT2D eigenvalue weighted by Gasteiger charge is -2.41. The predicted molar refractivity (Wildman–Crippen MR) is 84.8 cm³/mol. The van der Waals surface area contributed by atoms with Crippen LogP contribution in [0.2, 0.25) is 0 Å². The molecule has 0 bridgehead atoms. The van der Waals surface area contributed by atoms with Crippen LogP contribution < -0.4 is 0 Å². The zero-order valence-corrected chi connectivity index (χ0v) is 13.7. The van der Waals surface area contributed by atoms with Gasteiger partial charge in [0, 0.05) is 32.6 Å². The summed E-state index contributed by atoms with van der Waals surface area (Å²) in [4.78, 5) is 16.0. The molecule has 1 aromatic carbocycles. The van der Waals surface area contributed by atoms with E-state index < -0.39 is 11.6 Å². The van der Waals surface area contributed by atoms with E-state index >= 15 is 0 Å². The van der Waals surface area contributed by atoms with Gasteiger partial charge < -0.3 is 4.90 Å². The maximum atomic E-state index is 13.3. The molecule has 2 aliphatic heterocycles. The number of piperidine rings is 1. The molecular formula is C18H24F2N2O. The highest BCUT2D eigenvalue weighted by Gasteiger charge is 2.37. The van der Waals surface area contributed by atoms with Crippen molar-refractivity contribution < 1.29 is 13.6 Å². The zero-order valence-electron chi connectivity index (χ0n) is 13.7. The van der Waals surface area contributed by atoms with Gasteiger partial charge in [0.1, 0.15) is 11.6 Å². The van der Waals surface area contributed by atoms with Crippen LogP contribution >= 0.6 is 0 Å². The Kier molecular flexibility index (Phi) is 4.67. The van der Waals surface area contributed by atoms with E-state index in [1.54, 1.807) is 0 Å². The summed E-state index contributed by atoms with van der Waals surface area (Å²) < 4.78 is 26.6. The predicted octanol–water partition coefficient (Wildman–Crippen LogP) is 3.19. The van der Waals surface area contributed by atoms with Gasteiger partial charge in [-0.05, 0) is 61.9 Å². The average Bonchev–Trinajstić information content (AvgIpc) is 2.63. The SMILES string of the molecule is CN1CCC2(CCC1=O)CCN(Cc1cc(F)cc(F)c1)CC2. The molecule has 0 radical (unpaired) electrons. The third-order valence-corrected chi connectivity index (χ3v) is 5.52. The van der Waals surface area contributed by atoms with Crippen molar-refractivity contribution in [2.45, 2.75) is 38.6 Å². The fraction of sp³-hybridized carbons (Fsp3) is 0.611. The second kappa shape index (κ2) is 6.56. The molecule has 0 atom stereocenters. The monoisotopic (exact) mass is 322 g/mol. The normalized spacial score (nSPS) is 22.4. The van der Waals surface area contributed by atoms with E-state index in [0.717, 1.165) is 51.4 Å². The molecule has 0 N–H and O–H groups in total. The standard InChI is InChI=1S/C18H24F2N2O/c1-21-7-4-18(3-2-17(21)23)5-8-22(9-6-18)13-14-10-15(19)12-16(20)11-14/h10-12H,2-9,13H2,1H3. The fourth-order valence-electron chi connectivity index (χ4n) is 3.86. The first-order chi connectivity index (χ1) is 11.0. The smallest absolute Gasteiger partial charge is 0.222 e. The Labute approximate surface area is 136 Å². The lowest BCUT2D eigenvalue weighted by molar-refractivity contribution is -0.129. The summed E-state index contributed by atoms with van der Waals surface area (Å²) in [6, 6.07) is 3.73. The van der Waals surface area contributed by atoms with Crippen molar-refractivity contribution in [2.75, 3.05) is 26.7 Å². The summed E-state index contributed by atoms with van der Waals surface area (Å²) in [5, 5.41) is 0. The summed E-state index contributed by atoms with van der Waals surface area (Å²) in [5.41, 5.74) is 0.957. The number of carbonyl (C=O) groups is 1. The van der Waals surface area contributed by atoms with Crippen molar-refractivity contribution in [3.63, 3.8) is 0 Å². The van der Waals surface area contributed by atoms with Crippen molar-refractivity contribution in [1.29, 1.82) is 0 Å². The molecule has 126 valence electrons. The molecule has 0 aromatic heterocycles. The van der Waals surface area contributed by atoms with Gasteiger partial charge in [-0.3, -0.25) is 9.69 Å². The number of hydrogen-bond acceptors (Lipinski definition) is 2. The Morgan fingerprint density at radius 2 is 1.61 bits per heavy atom. The molecule has 1 spiro atoms. The third-order valence-electron chi connectivity index (χ3n) is 5.52. The molecule has 0 unspecified atom stereocenters. The maximum absolute atomic E-state index is 13.3. The minimum Gasteiger partial charge on any atom is -0.346 e. The summed E-state index contributed by atoms with van der Waals surface area (Å²) >= 11 is 0. The van der Waals surface area contributed by atoms with Crippen molar-refractivity contribution in [3.8, 4) is 0 Å². The molecule has 2 heterocycles. The van der Waals surface area contributed by atoms with Crippen LogP contribution in [0.15, 0.2) is 18.2 Å². The minimum absolute atomic E-state index is 0.250. The second-order valence-corrected chi connectivity index (χ2v) is 7.12. The average molecular weight is 322 g/mol. The van der Waals surface area contributed by atoms with Crippen molar-refractivity contribution in [2.24, 2.45) is 5.41 Å². The Bertz CT molecular complexity index is 562. The molecule has 2 saturated heterocycles. The van der Waals surface area contributed by atoms with Gasteiger partial charge in [-0.2, -0.15) is 0 Å². The first-order valence-corrected chi connectivity index (χ1v) is 8.37. The Hall–Kier alpha value is -1.49. The van der Waals surface area contributed by atoms with Crippen LogP contribution in [-0.2, 0) is 11.3 Å². The van der Waals surface area contributed by atoms with Gasteiger partial charge in [0.05, 0.1) is 0 Å². The number of halogens is 2. The van der Waals surface area contributed by atoms with Crippen LogP contribution in [0.1, 0.15) is 37.7 Å². The van der Waals surface area contributed by atoms with Gasteiger partial charge in [-0.15, -0.1) is 0 Å². The van der Waals surface area contributed by atoms with Gasteiger partial charge in [-0.25, -0.2) is 8.78 Å². The quantitative estimate of drug-likeness (QED) is 0.835. The van der Waals surface area contributed by atoms with E-state index in [1.165, 1.54) is 12.1 Å². The Morgan fingerprint density at radius 3 is 2.26 bits per heavy atom. The van der Waals surface area contributed by atoms with Gasteiger partial charge in [-0.1, -0.05) is 0 Å². The van der Waals surface area contributed by atoms with Gasteiger partial charge in [0.25, 0.3) is 0 Å². The number of amides is 1. The topological polar surface area (TPSA) is 23.6 Å². The van der Waals surface area contributed by atoms with Crippen molar-refractivity contribution in [1.82, 2.24) is 9.80 Å². The first kappa shape index (κ1) is 16.4. The molecular weight excluding hydrogens is 298 g/mol. The van der Waals surface area contributed by atoms with Crippen LogP contribution in [-0.4, -0.2) is 42.4 Å². The second-order valence-electron chi connectivity index (χ2n) is 7.12. The molecule has 23 heavy (non-hydrogen) atoms. The molecule has 3 nitrogen and oxygen atoms in total. The molecule has 2 aliphatic rings. The number of nitrogens with zero attached hydrogens (tertiary/aromatic N) is 2. The number of carbonyl (C=O) groups excluding carboxylic acids is 1. The first-order valence-electron chi connectivity index (χ1n) is 8.37. The molecule has 3 rings (SSSR count). The molecule has 0 saturated carbocycles. The van der Waals surface area contributed by atoms with E-state index in [2.05, 4.69) is 4.90 Å². The van der Waals surface area contributed by atoms with E-state index in [4.69, 9.17) is 0 Å². The summed E-state index contributed by atoms with van der Waals surface area (Å²) in [6.07, 6.45) is 4.81. The summed E-state index contributed by atoms with van der Waals surface area (Å²) in [5.74, 6) is -0.780. The van der Waals surface area contributed by atoms with Crippen LogP contribution in [0.5, 0.6) is 0 Å². The van der Waals surface area contributed by atoms with E-state index in [9.17, 15) is 13.6 Å². The Morgan fingerprint density at radius 1 is 1.00 bits per heavy atom. The molecule has 1 aromatic rings. The molecule has 2 fully saturated rings. The van der Waals surface area contributed by atoms with Crippen molar-refractivity contribution in [3.05, 3.63) is 35.4 Å². The highest BCUT2D eigenvalue weighted by molar-refractivity contribution is 5.76. The van der Waals surface area contributed by atoms with Crippen LogP contribution in [0.3, 0.4) is 0 Å². The maximum Gasteiger partial charge on any atom is 0.222 e. The largest absolute Gasteiger partial charge is 0.346 e. The van der Waals surface area contributed by atoms with Gasteiger partial charge in [0.15, 0.2) is 0 Å². The molecule has 0 aliphatic carbocycles. The summed E-state index contributed by atoms with van der Waals surface area (Å²) in [7, 11) is 1.88. The highest BCUT2D eigenvalue weighted by atomic mass is 19.1. The fourth-order valence-corrected chi connectivity index (χ4v) is 3.86. The zero-order chi connectivity index (χ0) is 16.4.